The number of aliphatic hydroxyl groups is 1. The van der Waals surface area contributed by atoms with Crippen LogP contribution in [0.25, 0.3) is 0 Å². The molecular weight excluding hydrogens is 645 g/mol. The number of carbonyl (C=O) groups excluding carboxylic acids is 3. The maximum absolute atomic E-state index is 12.5. The molecule has 0 spiro atoms. The number of carboxylic acids is 1. The van der Waals surface area contributed by atoms with Crippen molar-refractivity contribution in [2.24, 2.45) is 5.73 Å². The molecular formula is C34H62NO12P. The number of aldehydes is 1. The van der Waals surface area contributed by atoms with Gasteiger partial charge in [-0.15, -0.1) is 0 Å². The average Bonchev–Trinajstić information content (AvgIpc) is 3.05. The van der Waals surface area contributed by atoms with Gasteiger partial charge in [0.15, 0.2) is 6.10 Å². The summed E-state index contributed by atoms with van der Waals surface area (Å²) >= 11 is 0. The van der Waals surface area contributed by atoms with Crippen molar-refractivity contribution in [3.05, 3.63) is 12.2 Å². The van der Waals surface area contributed by atoms with E-state index in [2.05, 4.69) is 11.4 Å². The summed E-state index contributed by atoms with van der Waals surface area (Å²) in [5.41, 5.74) is 5.29. The summed E-state index contributed by atoms with van der Waals surface area (Å²) in [6.07, 6.45) is 21.2. The van der Waals surface area contributed by atoms with Gasteiger partial charge in [0.25, 0.3) is 0 Å². The van der Waals surface area contributed by atoms with Crippen LogP contribution in [0.3, 0.4) is 0 Å². The standard InChI is InChI=1S/C34H62NO12P/c1-2-3-4-5-6-7-8-9-10-11-12-15-18-23-32(38)44-26-30(27-45-48(42,43)46-28-31(35)34(40)41)47-33(39)24-19-16-13-14-17-21-29(37)22-20-25-36/h20,22,25,29-31,37H,2-19,21,23-24,26-28,35H2,1H3,(H,40,41)(H,42,43)/b22-20+/t29?,30-,31+/m1/s1. The van der Waals surface area contributed by atoms with Gasteiger partial charge in [-0.1, -0.05) is 116 Å². The molecule has 0 saturated heterocycles. The molecule has 2 unspecified atom stereocenters. The predicted molar refractivity (Wildman–Crippen MR) is 182 cm³/mol. The third-order valence-electron chi connectivity index (χ3n) is 7.66. The summed E-state index contributed by atoms with van der Waals surface area (Å²) < 4.78 is 32.3. The first kappa shape index (κ1) is 45.9. The molecule has 4 atom stereocenters. The summed E-state index contributed by atoms with van der Waals surface area (Å²) in [5.74, 6) is -2.52. The highest BCUT2D eigenvalue weighted by molar-refractivity contribution is 7.47. The van der Waals surface area contributed by atoms with Crippen molar-refractivity contribution in [1.82, 2.24) is 0 Å². The highest BCUT2D eigenvalue weighted by atomic mass is 31.2. The van der Waals surface area contributed by atoms with E-state index in [0.717, 1.165) is 44.9 Å². The van der Waals surface area contributed by atoms with Gasteiger partial charge in [-0.2, -0.15) is 0 Å². The van der Waals surface area contributed by atoms with Crippen LogP contribution in [0.1, 0.15) is 142 Å². The van der Waals surface area contributed by atoms with Crippen LogP contribution in [0.4, 0.5) is 0 Å². The number of aliphatic carboxylic acids is 1. The first-order chi connectivity index (χ1) is 23.0. The molecule has 0 amide bonds. The number of carboxylic acid groups (broad SMARTS) is 1. The fourth-order valence-electron chi connectivity index (χ4n) is 4.79. The minimum absolute atomic E-state index is 0.0643. The molecule has 0 bridgehead atoms. The molecule has 0 aromatic rings. The van der Waals surface area contributed by atoms with E-state index in [0.29, 0.717) is 25.5 Å². The summed E-state index contributed by atoms with van der Waals surface area (Å²) in [7, 11) is -4.74. The number of hydrogen-bond donors (Lipinski definition) is 4. The normalized spacial score (nSPS) is 14.7. The molecule has 0 radical (unpaired) electrons. The molecule has 0 aromatic carbocycles. The quantitative estimate of drug-likeness (QED) is 0.0190. The second-order valence-electron chi connectivity index (χ2n) is 12.2. The topological polar surface area (TPSA) is 209 Å². The number of hydrogen-bond acceptors (Lipinski definition) is 11. The minimum atomic E-state index is -4.74. The molecule has 0 aromatic heterocycles. The Morgan fingerprint density at radius 1 is 0.729 bits per heavy atom. The zero-order valence-electron chi connectivity index (χ0n) is 29.0. The van der Waals surface area contributed by atoms with Crippen LogP contribution in [0.5, 0.6) is 0 Å². The first-order valence-corrected chi connectivity index (χ1v) is 19.3. The van der Waals surface area contributed by atoms with E-state index in [-0.39, 0.29) is 12.8 Å². The summed E-state index contributed by atoms with van der Waals surface area (Å²) in [5, 5.41) is 18.5. The third kappa shape index (κ3) is 29.9. The van der Waals surface area contributed by atoms with Crippen LogP contribution in [0, 0.1) is 0 Å². The van der Waals surface area contributed by atoms with E-state index in [4.69, 9.17) is 24.8 Å². The number of nitrogens with two attached hydrogens (primary N) is 1. The second kappa shape index (κ2) is 30.9. The zero-order chi connectivity index (χ0) is 35.9. The van der Waals surface area contributed by atoms with E-state index in [1.807, 2.05) is 0 Å². The summed E-state index contributed by atoms with van der Waals surface area (Å²) in [4.78, 5) is 55.8. The molecule has 0 heterocycles. The molecule has 48 heavy (non-hydrogen) atoms. The van der Waals surface area contributed by atoms with Gasteiger partial charge in [0.05, 0.1) is 19.3 Å². The molecule has 0 aliphatic rings. The Kier molecular flexibility index (Phi) is 29.5. The zero-order valence-corrected chi connectivity index (χ0v) is 29.9. The smallest absolute Gasteiger partial charge is 0.472 e. The fourth-order valence-corrected chi connectivity index (χ4v) is 5.57. The maximum atomic E-state index is 12.5. The molecule has 0 fully saturated rings. The number of unbranched alkanes of at least 4 members (excludes halogenated alkanes) is 16. The summed E-state index contributed by atoms with van der Waals surface area (Å²) in [6, 6.07) is -1.54. The lowest BCUT2D eigenvalue weighted by Gasteiger charge is -2.20. The van der Waals surface area contributed by atoms with Crippen molar-refractivity contribution in [2.75, 3.05) is 19.8 Å². The lowest BCUT2D eigenvalue weighted by atomic mass is 10.0. The van der Waals surface area contributed by atoms with Gasteiger partial charge in [0.2, 0.25) is 0 Å². The van der Waals surface area contributed by atoms with Gasteiger partial charge in [0, 0.05) is 12.8 Å². The number of phosphoric acid groups is 1. The SMILES string of the molecule is CCCCCCCCCCCCCCCC(=O)OC[C@H](COP(=O)(O)OC[C@H](N)C(=O)O)OC(=O)CCCCCCCC(O)/C=C/C=O. The van der Waals surface area contributed by atoms with E-state index >= 15 is 0 Å². The molecule has 0 aliphatic heterocycles. The summed E-state index contributed by atoms with van der Waals surface area (Å²) in [6.45, 7) is 0.422. The van der Waals surface area contributed by atoms with Crippen LogP contribution in [-0.4, -0.2) is 77.4 Å². The van der Waals surface area contributed by atoms with Gasteiger partial charge in [-0.3, -0.25) is 28.2 Å². The van der Waals surface area contributed by atoms with Crippen LogP contribution < -0.4 is 5.73 Å². The van der Waals surface area contributed by atoms with Crippen molar-refractivity contribution in [2.45, 2.75) is 160 Å². The lowest BCUT2D eigenvalue weighted by molar-refractivity contribution is -0.161. The Morgan fingerprint density at radius 2 is 1.21 bits per heavy atom. The van der Waals surface area contributed by atoms with E-state index in [1.165, 1.54) is 69.9 Å². The Labute approximate surface area is 286 Å². The fraction of sp³-hybridized carbons (Fsp3) is 0.824. The highest BCUT2D eigenvalue weighted by Gasteiger charge is 2.28. The number of allylic oxidation sites excluding steroid dienone is 1. The van der Waals surface area contributed by atoms with E-state index < -0.39 is 63.8 Å². The van der Waals surface area contributed by atoms with Crippen molar-refractivity contribution >= 4 is 32.0 Å². The Balaban J connectivity index is 4.48. The van der Waals surface area contributed by atoms with Crippen molar-refractivity contribution in [1.29, 1.82) is 0 Å². The van der Waals surface area contributed by atoms with Crippen molar-refractivity contribution in [3.8, 4) is 0 Å². The number of esters is 2. The molecule has 14 heteroatoms. The van der Waals surface area contributed by atoms with E-state index in [1.54, 1.807) is 0 Å². The Morgan fingerprint density at radius 3 is 1.73 bits per heavy atom. The Bertz CT molecular complexity index is 932. The van der Waals surface area contributed by atoms with Gasteiger partial charge < -0.3 is 30.3 Å². The van der Waals surface area contributed by atoms with Gasteiger partial charge in [-0.25, -0.2) is 4.57 Å². The molecule has 5 N–H and O–H groups in total. The monoisotopic (exact) mass is 707 g/mol. The number of phosphoric ester groups is 1. The molecule has 0 aliphatic carbocycles. The average molecular weight is 708 g/mol. The molecule has 280 valence electrons. The Hall–Kier alpha value is -2.15. The van der Waals surface area contributed by atoms with Crippen LogP contribution in [0.15, 0.2) is 12.2 Å². The minimum Gasteiger partial charge on any atom is -0.480 e. The van der Waals surface area contributed by atoms with Gasteiger partial charge in [-0.05, 0) is 25.3 Å². The first-order valence-electron chi connectivity index (χ1n) is 17.8. The molecule has 0 saturated carbocycles. The second-order valence-corrected chi connectivity index (χ2v) is 13.6. The van der Waals surface area contributed by atoms with E-state index in [9.17, 15) is 33.7 Å². The maximum Gasteiger partial charge on any atom is 0.472 e. The van der Waals surface area contributed by atoms with Crippen LogP contribution in [0.2, 0.25) is 0 Å². The largest absolute Gasteiger partial charge is 0.480 e. The molecule has 0 rings (SSSR count). The van der Waals surface area contributed by atoms with Crippen LogP contribution >= 0.6 is 7.82 Å². The van der Waals surface area contributed by atoms with Crippen molar-refractivity contribution in [3.63, 3.8) is 0 Å². The molecule has 13 nitrogen and oxygen atoms in total. The van der Waals surface area contributed by atoms with Gasteiger partial charge >= 0.3 is 25.7 Å². The van der Waals surface area contributed by atoms with Crippen molar-refractivity contribution < 1.29 is 57.4 Å². The predicted octanol–water partition coefficient (Wildman–Crippen LogP) is 6.31. The lowest BCUT2D eigenvalue weighted by Crippen LogP contribution is -2.34. The number of aliphatic hydroxyl groups excluding tert-OH is 1. The van der Waals surface area contributed by atoms with Crippen LogP contribution in [-0.2, 0) is 42.3 Å². The number of ether oxygens (including phenoxy) is 2. The third-order valence-corrected chi connectivity index (χ3v) is 8.61. The highest BCUT2D eigenvalue weighted by Crippen LogP contribution is 2.43. The van der Waals surface area contributed by atoms with Gasteiger partial charge in [0.1, 0.15) is 18.9 Å². The number of rotatable bonds is 34. The number of carbonyl (C=O) groups is 4.